The van der Waals surface area contributed by atoms with Crippen LogP contribution in [0.15, 0.2) is 6.33 Å². The van der Waals surface area contributed by atoms with E-state index in [1.54, 1.807) is 6.33 Å². The van der Waals surface area contributed by atoms with Gasteiger partial charge in [-0.1, -0.05) is 13.8 Å². The number of H-pyrrole nitrogens is 1. The van der Waals surface area contributed by atoms with Crippen LogP contribution in [0.2, 0.25) is 0 Å². The highest BCUT2D eigenvalue weighted by atomic mass is 15.2. The molecule has 1 atom stereocenters. The van der Waals surface area contributed by atoms with E-state index in [2.05, 4.69) is 34.3 Å². The number of rotatable bonds is 3. The Kier molecular flexibility index (Phi) is 2.07. The molecule has 0 spiro atoms. The molecular weight excluding hydrogens is 164 g/mol. The molecule has 1 aliphatic carbocycles. The molecule has 0 amide bonds. The van der Waals surface area contributed by atoms with Crippen molar-refractivity contribution in [3.8, 4) is 0 Å². The van der Waals surface area contributed by atoms with Crippen molar-refractivity contribution in [2.75, 3.05) is 0 Å². The summed E-state index contributed by atoms with van der Waals surface area (Å²) in [4.78, 5) is 4.07. The van der Waals surface area contributed by atoms with Crippen molar-refractivity contribution in [2.45, 2.75) is 39.3 Å². The fourth-order valence-corrected chi connectivity index (χ4v) is 1.78. The van der Waals surface area contributed by atoms with Crippen molar-refractivity contribution in [3.63, 3.8) is 0 Å². The molecule has 4 nitrogen and oxygen atoms in total. The van der Waals surface area contributed by atoms with Crippen LogP contribution in [0.4, 0.5) is 0 Å². The SMILES string of the molecule is CC1(C)CCC1NCc1ncn[nH]1. The van der Waals surface area contributed by atoms with E-state index < -0.39 is 0 Å². The summed E-state index contributed by atoms with van der Waals surface area (Å²) < 4.78 is 0. The highest BCUT2D eigenvalue weighted by molar-refractivity contribution is 4.95. The van der Waals surface area contributed by atoms with Crippen molar-refractivity contribution < 1.29 is 0 Å². The molecule has 1 unspecified atom stereocenters. The Hall–Kier alpha value is -0.900. The first-order valence-electron chi connectivity index (χ1n) is 4.76. The predicted octanol–water partition coefficient (Wildman–Crippen LogP) is 1.08. The minimum Gasteiger partial charge on any atom is -0.307 e. The van der Waals surface area contributed by atoms with E-state index in [9.17, 15) is 0 Å². The lowest BCUT2D eigenvalue weighted by Crippen LogP contribution is -2.49. The van der Waals surface area contributed by atoms with Crippen molar-refractivity contribution in [1.82, 2.24) is 20.5 Å². The van der Waals surface area contributed by atoms with Gasteiger partial charge < -0.3 is 5.32 Å². The topological polar surface area (TPSA) is 53.6 Å². The van der Waals surface area contributed by atoms with Crippen LogP contribution in [0.25, 0.3) is 0 Å². The van der Waals surface area contributed by atoms with Crippen LogP contribution in [0.3, 0.4) is 0 Å². The zero-order valence-electron chi connectivity index (χ0n) is 8.17. The Labute approximate surface area is 78.1 Å². The van der Waals surface area contributed by atoms with E-state index in [-0.39, 0.29) is 0 Å². The quantitative estimate of drug-likeness (QED) is 0.732. The molecule has 4 heteroatoms. The van der Waals surface area contributed by atoms with Crippen LogP contribution >= 0.6 is 0 Å². The van der Waals surface area contributed by atoms with Gasteiger partial charge in [-0.05, 0) is 18.3 Å². The highest BCUT2D eigenvalue weighted by Crippen LogP contribution is 2.39. The molecule has 2 N–H and O–H groups in total. The highest BCUT2D eigenvalue weighted by Gasteiger charge is 2.37. The zero-order chi connectivity index (χ0) is 9.31. The molecule has 0 aliphatic heterocycles. The average Bonchev–Trinajstić information content (AvgIpc) is 2.55. The fourth-order valence-electron chi connectivity index (χ4n) is 1.78. The van der Waals surface area contributed by atoms with E-state index >= 15 is 0 Å². The number of hydrogen-bond acceptors (Lipinski definition) is 3. The van der Waals surface area contributed by atoms with Crippen molar-refractivity contribution >= 4 is 0 Å². The molecule has 0 aromatic carbocycles. The van der Waals surface area contributed by atoms with Crippen LogP contribution in [-0.4, -0.2) is 21.2 Å². The summed E-state index contributed by atoms with van der Waals surface area (Å²) in [5.41, 5.74) is 0.458. The second-order valence-corrected chi connectivity index (χ2v) is 4.39. The lowest BCUT2D eigenvalue weighted by Gasteiger charge is -2.45. The molecule has 1 saturated carbocycles. The number of aromatic nitrogens is 3. The summed E-state index contributed by atoms with van der Waals surface area (Å²) in [5.74, 6) is 0.919. The number of nitrogens with one attached hydrogen (secondary N) is 2. The van der Waals surface area contributed by atoms with E-state index in [0.29, 0.717) is 11.5 Å². The molecule has 2 rings (SSSR count). The first-order chi connectivity index (χ1) is 6.18. The smallest absolute Gasteiger partial charge is 0.138 e. The second-order valence-electron chi connectivity index (χ2n) is 4.39. The average molecular weight is 180 g/mol. The third-order valence-electron chi connectivity index (χ3n) is 3.00. The zero-order valence-corrected chi connectivity index (χ0v) is 8.17. The molecule has 1 aliphatic rings. The monoisotopic (exact) mass is 180 g/mol. The van der Waals surface area contributed by atoms with E-state index in [1.165, 1.54) is 12.8 Å². The Morgan fingerprint density at radius 1 is 1.69 bits per heavy atom. The summed E-state index contributed by atoms with van der Waals surface area (Å²) in [6, 6.07) is 0.637. The summed E-state index contributed by atoms with van der Waals surface area (Å²) in [7, 11) is 0. The van der Waals surface area contributed by atoms with Crippen LogP contribution in [0.5, 0.6) is 0 Å². The summed E-state index contributed by atoms with van der Waals surface area (Å²) in [6.45, 7) is 5.40. The number of hydrogen-bond donors (Lipinski definition) is 2. The minimum absolute atomic E-state index is 0.458. The lowest BCUT2D eigenvalue weighted by atomic mass is 9.67. The molecule has 1 fully saturated rings. The maximum absolute atomic E-state index is 4.07. The first-order valence-corrected chi connectivity index (χ1v) is 4.76. The Bertz CT molecular complexity index is 265. The Morgan fingerprint density at radius 3 is 3.00 bits per heavy atom. The molecule has 0 radical (unpaired) electrons. The van der Waals surface area contributed by atoms with Gasteiger partial charge in [0.05, 0.1) is 6.54 Å². The van der Waals surface area contributed by atoms with Gasteiger partial charge in [0.1, 0.15) is 12.2 Å². The molecule has 72 valence electrons. The van der Waals surface area contributed by atoms with Gasteiger partial charge in [0.15, 0.2) is 0 Å². The molecule has 0 bridgehead atoms. The molecule has 0 saturated heterocycles. The van der Waals surface area contributed by atoms with Gasteiger partial charge in [-0.2, -0.15) is 5.10 Å². The molecule has 1 heterocycles. The van der Waals surface area contributed by atoms with Gasteiger partial charge in [0, 0.05) is 6.04 Å². The van der Waals surface area contributed by atoms with Gasteiger partial charge in [-0.15, -0.1) is 0 Å². The molecule has 13 heavy (non-hydrogen) atoms. The summed E-state index contributed by atoms with van der Waals surface area (Å²) in [6.07, 6.45) is 4.14. The van der Waals surface area contributed by atoms with Crippen LogP contribution in [0.1, 0.15) is 32.5 Å². The van der Waals surface area contributed by atoms with Crippen molar-refractivity contribution in [3.05, 3.63) is 12.2 Å². The standard InChI is InChI=1S/C9H16N4/c1-9(2)4-3-7(9)10-5-8-11-6-12-13-8/h6-7,10H,3-5H2,1-2H3,(H,11,12,13). The fraction of sp³-hybridized carbons (Fsp3) is 0.778. The summed E-state index contributed by atoms with van der Waals surface area (Å²) >= 11 is 0. The molecular formula is C9H16N4. The van der Waals surface area contributed by atoms with Gasteiger partial charge in [-0.25, -0.2) is 4.98 Å². The normalized spacial score (nSPS) is 25.5. The maximum Gasteiger partial charge on any atom is 0.138 e. The number of aromatic amines is 1. The van der Waals surface area contributed by atoms with Gasteiger partial charge in [-0.3, -0.25) is 5.10 Å². The van der Waals surface area contributed by atoms with Crippen molar-refractivity contribution in [2.24, 2.45) is 5.41 Å². The van der Waals surface area contributed by atoms with E-state index in [1.807, 2.05) is 0 Å². The third kappa shape index (κ3) is 1.72. The molecule has 1 aromatic rings. The molecule has 1 aromatic heterocycles. The maximum atomic E-state index is 4.07. The van der Waals surface area contributed by atoms with Gasteiger partial charge >= 0.3 is 0 Å². The van der Waals surface area contributed by atoms with E-state index in [0.717, 1.165) is 12.4 Å². The first kappa shape index (κ1) is 8.69. The van der Waals surface area contributed by atoms with Crippen LogP contribution < -0.4 is 5.32 Å². The Morgan fingerprint density at radius 2 is 2.54 bits per heavy atom. The second kappa shape index (κ2) is 3.10. The predicted molar refractivity (Wildman–Crippen MR) is 50.0 cm³/mol. The Balaban J connectivity index is 1.81. The van der Waals surface area contributed by atoms with Crippen LogP contribution in [0, 0.1) is 5.41 Å². The lowest BCUT2D eigenvalue weighted by molar-refractivity contribution is 0.107. The number of nitrogens with zero attached hydrogens (tertiary/aromatic N) is 2. The summed E-state index contributed by atoms with van der Waals surface area (Å²) in [5, 5.41) is 10.1. The van der Waals surface area contributed by atoms with Gasteiger partial charge in [0.2, 0.25) is 0 Å². The van der Waals surface area contributed by atoms with Crippen LogP contribution in [-0.2, 0) is 6.54 Å². The van der Waals surface area contributed by atoms with E-state index in [4.69, 9.17) is 0 Å². The third-order valence-corrected chi connectivity index (χ3v) is 3.00. The largest absolute Gasteiger partial charge is 0.307 e. The minimum atomic E-state index is 0.458. The van der Waals surface area contributed by atoms with Gasteiger partial charge in [0.25, 0.3) is 0 Å². The van der Waals surface area contributed by atoms with Crippen molar-refractivity contribution in [1.29, 1.82) is 0 Å².